The van der Waals surface area contributed by atoms with Crippen LogP contribution in [0.2, 0.25) is 0 Å². The standard InChI is InChI=1S/C28H32F4N6O2/c1-40-19-7-11-38(12-8-19)24-6-5-20-21(3-2-4-22(20)36-24)27(39)35-17-23(37-13-9-28(31,32)10-14-37)18-15-33-26(25(29)30)34-16-18/h2-6,15-16,19,23,25H,7-14,17H2,1H3,(H,35,39). The molecule has 0 radical (unpaired) electrons. The van der Waals surface area contributed by atoms with Crippen LogP contribution in [0.4, 0.5) is 23.4 Å². The van der Waals surface area contributed by atoms with E-state index in [2.05, 4.69) is 20.2 Å². The van der Waals surface area contributed by atoms with Crippen molar-refractivity contribution < 1.29 is 27.1 Å². The van der Waals surface area contributed by atoms with Crippen LogP contribution in [0.1, 0.15) is 59.9 Å². The highest BCUT2D eigenvalue weighted by atomic mass is 19.3. The molecule has 1 aromatic carbocycles. The van der Waals surface area contributed by atoms with Gasteiger partial charge in [-0.1, -0.05) is 6.07 Å². The van der Waals surface area contributed by atoms with Gasteiger partial charge in [-0.25, -0.2) is 32.5 Å². The Balaban J connectivity index is 1.32. The average molecular weight is 561 g/mol. The van der Waals surface area contributed by atoms with E-state index >= 15 is 0 Å². The lowest BCUT2D eigenvalue weighted by Crippen LogP contribution is -2.45. The molecule has 0 bridgehead atoms. The molecule has 2 saturated heterocycles. The molecule has 1 amide bonds. The van der Waals surface area contributed by atoms with Gasteiger partial charge in [0, 0.05) is 81.6 Å². The number of hydrogen-bond donors (Lipinski definition) is 1. The lowest BCUT2D eigenvalue weighted by Gasteiger charge is -2.37. The fourth-order valence-corrected chi connectivity index (χ4v) is 5.38. The number of likely N-dealkylation sites (tertiary alicyclic amines) is 1. The van der Waals surface area contributed by atoms with Gasteiger partial charge < -0.3 is 15.0 Å². The van der Waals surface area contributed by atoms with E-state index in [-0.39, 0.29) is 44.5 Å². The van der Waals surface area contributed by atoms with Gasteiger partial charge in [0.05, 0.1) is 17.7 Å². The molecule has 1 N–H and O–H groups in total. The van der Waals surface area contributed by atoms with Gasteiger partial charge in [0.2, 0.25) is 0 Å². The largest absolute Gasteiger partial charge is 0.381 e. The molecular weight excluding hydrogens is 528 g/mol. The number of piperidine rings is 2. The zero-order chi connectivity index (χ0) is 28.3. The minimum atomic E-state index is -2.82. The van der Waals surface area contributed by atoms with E-state index in [1.165, 1.54) is 12.4 Å². The number of pyridine rings is 1. The summed E-state index contributed by atoms with van der Waals surface area (Å²) >= 11 is 0. The summed E-state index contributed by atoms with van der Waals surface area (Å²) in [6, 6.07) is 8.57. The first-order valence-electron chi connectivity index (χ1n) is 13.4. The molecule has 0 aliphatic carbocycles. The summed E-state index contributed by atoms with van der Waals surface area (Å²) in [4.78, 5) is 29.6. The number of methoxy groups -OCH3 is 1. The van der Waals surface area contributed by atoms with E-state index < -0.39 is 24.2 Å². The van der Waals surface area contributed by atoms with Gasteiger partial charge in [-0.05, 0) is 37.1 Å². The van der Waals surface area contributed by atoms with E-state index in [1.54, 1.807) is 19.2 Å². The molecule has 3 aromatic rings. The number of halogens is 4. The van der Waals surface area contributed by atoms with Crippen molar-refractivity contribution in [2.75, 3.05) is 44.7 Å². The van der Waals surface area contributed by atoms with E-state index in [0.29, 0.717) is 22.0 Å². The number of benzene rings is 1. The summed E-state index contributed by atoms with van der Waals surface area (Å²) in [5, 5.41) is 3.60. The number of amides is 1. The normalized spacial score (nSPS) is 19.2. The van der Waals surface area contributed by atoms with Crippen molar-refractivity contribution >= 4 is 22.6 Å². The lowest BCUT2D eigenvalue weighted by molar-refractivity contribution is -0.0632. The summed E-state index contributed by atoms with van der Waals surface area (Å²) in [7, 11) is 1.73. The zero-order valence-electron chi connectivity index (χ0n) is 22.2. The number of nitrogens with zero attached hydrogens (tertiary/aromatic N) is 5. The van der Waals surface area contributed by atoms with Gasteiger partial charge in [0.15, 0.2) is 5.82 Å². The Bertz CT molecular complexity index is 1310. The Hall–Kier alpha value is -3.38. The molecule has 40 heavy (non-hydrogen) atoms. The second-order valence-corrected chi connectivity index (χ2v) is 10.3. The number of rotatable bonds is 8. The first-order valence-corrected chi connectivity index (χ1v) is 13.4. The quantitative estimate of drug-likeness (QED) is 0.397. The number of nitrogens with one attached hydrogen (secondary N) is 1. The van der Waals surface area contributed by atoms with Crippen LogP contribution in [-0.4, -0.2) is 77.6 Å². The molecule has 8 nitrogen and oxygen atoms in total. The fraction of sp³-hybridized carbons (Fsp3) is 0.500. The maximum atomic E-state index is 13.8. The molecule has 0 spiro atoms. The van der Waals surface area contributed by atoms with Gasteiger partial charge >= 0.3 is 0 Å². The highest BCUT2D eigenvalue weighted by molar-refractivity contribution is 6.06. The Morgan fingerprint density at radius 3 is 2.42 bits per heavy atom. The summed E-state index contributed by atoms with van der Waals surface area (Å²) < 4.78 is 59.1. The third-order valence-corrected chi connectivity index (χ3v) is 7.76. The molecule has 12 heteroatoms. The number of carbonyl (C=O) groups is 1. The Morgan fingerprint density at radius 2 is 1.77 bits per heavy atom. The minimum absolute atomic E-state index is 0.0676. The van der Waals surface area contributed by atoms with Gasteiger partial charge in [0.25, 0.3) is 18.3 Å². The van der Waals surface area contributed by atoms with Crippen LogP contribution in [-0.2, 0) is 4.74 Å². The van der Waals surface area contributed by atoms with Crippen LogP contribution in [0, 0.1) is 0 Å². The number of carbonyl (C=O) groups excluding carboxylic acids is 1. The molecule has 214 valence electrons. The van der Waals surface area contributed by atoms with Crippen molar-refractivity contribution in [1.29, 1.82) is 0 Å². The van der Waals surface area contributed by atoms with Crippen LogP contribution in [0.3, 0.4) is 0 Å². The molecule has 2 aromatic heterocycles. The number of aromatic nitrogens is 3. The third kappa shape index (κ3) is 6.33. The highest BCUT2D eigenvalue weighted by Crippen LogP contribution is 2.32. The van der Waals surface area contributed by atoms with Crippen molar-refractivity contribution in [2.24, 2.45) is 0 Å². The summed E-state index contributed by atoms with van der Waals surface area (Å²) in [6.45, 7) is 1.92. The van der Waals surface area contributed by atoms with Gasteiger partial charge in [-0.15, -0.1) is 0 Å². The van der Waals surface area contributed by atoms with Crippen molar-refractivity contribution in [3.63, 3.8) is 0 Å². The molecule has 0 saturated carbocycles. The predicted octanol–water partition coefficient (Wildman–Crippen LogP) is 4.78. The van der Waals surface area contributed by atoms with Crippen LogP contribution < -0.4 is 10.2 Å². The second kappa shape index (κ2) is 12.0. The van der Waals surface area contributed by atoms with E-state index in [1.807, 2.05) is 23.1 Å². The van der Waals surface area contributed by atoms with Crippen LogP contribution in [0.25, 0.3) is 10.9 Å². The Labute approximate surface area is 229 Å². The molecule has 2 aliphatic heterocycles. The molecular formula is C28H32F4N6O2. The molecule has 2 aliphatic rings. The van der Waals surface area contributed by atoms with Crippen LogP contribution >= 0.6 is 0 Å². The average Bonchev–Trinajstić information content (AvgIpc) is 2.97. The molecule has 1 atom stereocenters. The third-order valence-electron chi connectivity index (χ3n) is 7.76. The zero-order valence-corrected chi connectivity index (χ0v) is 22.2. The Kier molecular flexibility index (Phi) is 8.46. The van der Waals surface area contributed by atoms with E-state index in [9.17, 15) is 22.4 Å². The first-order chi connectivity index (χ1) is 19.2. The number of alkyl halides is 4. The van der Waals surface area contributed by atoms with Crippen molar-refractivity contribution in [2.45, 2.75) is 50.2 Å². The van der Waals surface area contributed by atoms with Gasteiger partial charge in [-0.3, -0.25) is 9.69 Å². The van der Waals surface area contributed by atoms with Crippen LogP contribution in [0.5, 0.6) is 0 Å². The molecule has 2 fully saturated rings. The van der Waals surface area contributed by atoms with Crippen LogP contribution in [0.15, 0.2) is 42.7 Å². The summed E-state index contributed by atoms with van der Waals surface area (Å²) in [5.41, 5.74) is 1.59. The van der Waals surface area contributed by atoms with Crippen molar-refractivity contribution in [3.05, 3.63) is 59.7 Å². The SMILES string of the molecule is COC1CCN(c2ccc3c(C(=O)NCC(c4cnc(C(F)F)nc4)N4CCC(F)(F)CC4)cccc3n2)CC1. The predicted molar refractivity (Wildman–Crippen MR) is 142 cm³/mol. The second-order valence-electron chi connectivity index (χ2n) is 10.3. The monoisotopic (exact) mass is 560 g/mol. The van der Waals surface area contributed by atoms with Gasteiger partial charge in [-0.2, -0.15) is 0 Å². The summed E-state index contributed by atoms with van der Waals surface area (Å²) in [6.07, 6.45) is 1.18. The lowest BCUT2D eigenvalue weighted by atomic mass is 10.0. The topological polar surface area (TPSA) is 83.5 Å². The maximum Gasteiger partial charge on any atom is 0.297 e. The van der Waals surface area contributed by atoms with E-state index in [4.69, 9.17) is 9.72 Å². The molecule has 1 unspecified atom stereocenters. The number of anilines is 1. The first kappa shape index (κ1) is 28.2. The maximum absolute atomic E-state index is 13.8. The number of fused-ring (bicyclic) bond motifs is 1. The van der Waals surface area contributed by atoms with Crippen molar-refractivity contribution in [1.82, 2.24) is 25.2 Å². The number of ether oxygens (including phenoxy) is 1. The Morgan fingerprint density at radius 1 is 1.07 bits per heavy atom. The summed E-state index contributed by atoms with van der Waals surface area (Å²) in [5.74, 6) is -2.87. The minimum Gasteiger partial charge on any atom is -0.381 e. The smallest absolute Gasteiger partial charge is 0.297 e. The van der Waals surface area contributed by atoms with E-state index in [0.717, 1.165) is 31.7 Å². The molecule has 5 rings (SSSR count). The highest BCUT2D eigenvalue weighted by Gasteiger charge is 2.37. The number of hydrogen-bond acceptors (Lipinski definition) is 7. The molecule has 4 heterocycles. The van der Waals surface area contributed by atoms with Gasteiger partial charge in [0.1, 0.15) is 5.82 Å². The van der Waals surface area contributed by atoms with Crippen molar-refractivity contribution in [3.8, 4) is 0 Å². The fourth-order valence-electron chi connectivity index (χ4n) is 5.38.